The molecule has 1 fully saturated rings. The van der Waals surface area contributed by atoms with Crippen molar-refractivity contribution in [3.63, 3.8) is 0 Å². The summed E-state index contributed by atoms with van der Waals surface area (Å²) in [5.41, 5.74) is 0.203. The number of likely N-dealkylation sites (N-methyl/N-ethyl adjacent to an activating group) is 1. The van der Waals surface area contributed by atoms with Crippen LogP contribution in [0.1, 0.15) is 39.0 Å². The molecule has 1 amide bonds. The Morgan fingerprint density at radius 3 is 2.74 bits per heavy atom. The molecule has 0 unspecified atom stereocenters. The van der Waals surface area contributed by atoms with E-state index < -0.39 is 0 Å². The molecule has 0 aromatic rings. The first kappa shape index (κ1) is 14.1. The third-order valence-electron chi connectivity index (χ3n) is 4.61. The molecule has 0 aromatic carbocycles. The second-order valence-electron chi connectivity index (χ2n) is 5.92. The van der Waals surface area contributed by atoms with Crippen molar-refractivity contribution in [3.05, 3.63) is 12.2 Å². The number of nitrogens with one attached hydrogen (secondary N) is 1. The molecule has 104 valence electrons. The zero-order valence-electron chi connectivity index (χ0n) is 12.0. The van der Waals surface area contributed by atoms with Crippen LogP contribution in [0.15, 0.2) is 12.2 Å². The van der Waals surface area contributed by atoms with Gasteiger partial charge in [-0.15, -0.1) is 12.3 Å². The first-order valence-electron chi connectivity index (χ1n) is 7.21. The quantitative estimate of drug-likeness (QED) is 0.585. The van der Waals surface area contributed by atoms with Gasteiger partial charge in [0.25, 0.3) is 0 Å². The highest BCUT2D eigenvalue weighted by molar-refractivity contribution is 5.82. The Morgan fingerprint density at radius 2 is 2.21 bits per heavy atom. The molecule has 3 heteroatoms. The van der Waals surface area contributed by atoms with Crippen LogP contribution in [0.4, 0.5) is 0 Å². The lowest BCUT2D eigenvalue weighted by atomic mass is 9.93. The summed E-state index contributed by atoms with van der Waals surface area (Å²) in [6.07, 6.45) is 14.6. The topological polar surface area (TPSA) is 32.3 Å². The Morgan fingerprint density at radius 1 is 1.47 bits per heavy atom. The number of hydrogen-bond acceptors (Lipinski definition) is 2. The van der Waals surface area contributed by atoms with Gasteiger partial charge in [-0.2, -0.15) is 0 Å². The number of hydrogen-bond donors (Lipinski definition) is 1. The molecule has 1 aliphatic carbocycles. The molecule has 1 heterocycles. The first-order chi connectivity index (χ1) is 9.08. The van der Waals surface area contributed by atoms with Crippen molar-refractivity contribution in [2.45, 2.75) is 51.1 Å². The summed E-state index contributed by atoms with van der Waals surface area (Å²) in [5, 5.41) is 3.08. The monoisotopic (exact) mass is 260 g/mol. The Labute approximate surface area is 116 Å². The lowest BCUT2D eigenvalue weighted by Gasteiger charge is -2.23. The zero-order chi connectivity index (χ0) is 13.9. The standard InChI is InChI=1S/C16H24N2O/c1-4-5-8-16(9-10-16)11-12-17-15(19)14-7-6-13(2)18(14)3/h1,9-10,13-14H,5-8,11-12H2,2-3H3,(H,17,19)/t13-,14-/m1/s1. The smallest absolute Gasteiger partial charge is 0.237 e. The molecule has 1 aliphatic heterocycles. The van der Waals surface area contributed by atoms with Gasteiger partial charge in [0, 0.05) is 24.4 Å². The molecular weight excluding hydrogens is 236 g/mol. The molecule has 2 atom stereocenters. The van der Waals surface area contributed by atoms with E-state index >= 15 is 0 Å². The number of nitrogens with zero attached hydrogens (tertiary/aromatic N) is 1. The lowest BCUT2D eigenvalue weighted by Crippen LogP contribution is -2.43. The molecule has 0 spiro atoms. The van der Waals surface area contributed by atoms with Gasteiger partial charge in [0.1, 0.15) is 0 Å². The van der Waals surface area contributed by atoms with Crippen LogP contribution in [0.25, 0.3) is 0 Å². The molecule has 0 bridgehead atoms. The highest BCUT2D eigenvalue weighted by atomic mass is 16.2. The van der Waals surface area contributed by atoms with Crippen LogP contribution < -0.4 is 5.32 Å². The molecule has 0 aromatic heterocycles. The van der Waals surface area contributed by atoms with E-state index in [2.05, 4.69) is 35.2 Å². The highest BCUT2D eigenvalue weighted by Crippen LogP contribution is 2.42. The maximum Gasteiger partial charge on any atom is 0.237 e. The van der Waals surface area contributed by atoms with Gasteiger partial charge in [-0.1, -0.05) is 12.2 Å². The van der Waals surface area contributed by atoms with E-state index in [1.54, 1.807) is 0 Å². The number of allylic oxidation sites excluding steroid dienone is 2. The fourth-order valence-corrected chi connectivity index (χ4v) is 2.85. The summed E-state index contributed by atoms with van der Waals surface area (Å²) in [4.78, 5) is 14.3. The maximum absolute atomic E-state index is 12.1. The van der Waals surface area contributed by atoms with Crippen LogP contribution in [-0.2, 0) is 4.79 Å². The van der Waals surface area contributed by atoms with Crippen molar-refractivity contribution in [2.75, 3.05) is 13.6 Å². The van der Waals surface area contributed by atoms with Crippen LogP contribution in [0.2, 0.25) is 0 Å². The van der Waals surface area contributed by atoms with Crippen LogP contribution in [0.3, 0.4) is 0 Å². The average Bonchev–Trinajstić information content (AvgIpc) is 3.08. The molecule has 2 rings (SSSR count). The summed E-state index contributed by atoms with van der Waals surface area (Å²) in [7, 11) is 2.04. The summed E-state index contributed by atoms with van der Waals surface area (Å²) in [5.74, 6) is 2.86. The molecular formula is C16H24N2O. The van der Waals surface area contributed by atoms with E-state index in [1.807, 2.05) is 7.05 Å². The predicted molar refractivity (Wildman–Crippen MR) is 77.5 cm³/mol. The van der Waals surface area contributed by atoms with E-state index in [-0.39, 0.29) is 17.4 Å². The minimum absolute atomic E-state index is 0.0591. The molecule has 2 aliphatic rings. The first-order valence-corrected chi connectivity index (χ1v) is 7.21. The number of rotatable bonds is 6. The van der Waals surface area contributed by atoms with Gasteiger partial charge in [0.05, 0.1) is 6.04 Å². The van der Waals surface area contributed by atoms with Gasteiger partial charge >= 0.3 is 0 Å². The number of carbonyl (C=O) groups excluding carboxylic acids is 1. The second-order valence-corrected chi connectivity index (χ2v) is 5.92. The summed E-state index contributed by atoms with van der Waals surface area (Å²) in [6.45, 7) is 2.92. The molecule has 3 nitrogen and oxygen atoms in total. The fraction of sp³-hybridized carbons (Fsp3) is 0.688. The lowest BCUT2D eigenvalue weighted by molar-refractivity contribution is -0.125. The summed E-state index contributed by atoms with van der Waals surface area (Å²) in [6, 6.07) is 0.576. The third kappa shape index (κ3) is 3.39. The number of carbonyl (C=O) groups is 1. The highest BCUT2D eigenvalue weighted by Gasteiger charge is 2.34. The third-order valence-corrected chi connectivity index (χ3v) is 4.61. The second kappa shape index (κ2) is 5.79. The Bertz CT molecular complexity index is 401. The van der Waals surface area contributed by atoms with Crippen molar-refractivity contribution < 1.29 is 4.79 Å². The minimum atomic E-state index is 0.0591. The van der Waals surface area contributed by atoms with Gasteiger partial charge in [-0.25, -0.2) is 0 Å². The molecule has 1 saturated heterocycles. The fourth-order valence-electron chi connectivity index (χ4n) is 2.85. The van der Waals surface area contributed by atoms with E-state index in [0.29, 0.717) is 6.04 Å². The summed E-state index contributed by atoms with van der Waals surface area (Å²) < 4.78 is 0. The van der Waals surface area contributed by atoms with E-state index in [1.165, 1.54) is 0 Å². The van der Waals surface area contributed by atoms with Crippen LogP contribution in [0.5, 0.6) is 0 Å². The molecule has 1 N–H and O–H groups in total. The van der Waals surface area contributed by atoms with E-state index in [4.69, 9.17) is 6.42 Å². The van der Waals surface area contributed by atoms with Crippen molar-refractivity contribution in [2.24, 2.45) is 5.41 Å². The van der Waals surface area contributed by atoms with Gasteiger partial charge < -0.3 is 5.32 Å². The number of amides is 1. The van der Waals surface area contributed by atoms with Crippen LogP contribution in [-0.4, -0.2) is 36.5 Å². The van der Waals surface area contributed by atoms with Crippen molar-refractivity contribution in [3.8, 4) is 12.3 Å². The predicted octanol–water partition coefficient (Wildman–Crippen LogP) is 1.94. The normalized spacial score (nSPS) is 28.1. The molecule has 19 heavy (non-hydrogen) atoms. The largest absolute Gasteiger partial charge is 0.355 e. The van der Waals surface area contributed by atoms with Gasteiger partial charge in [-0.3, -0.25) is 9.69 Å². The molecule has 0 radical (unpaired) electrons. The number of likely N-dealkylation sites (tertiary alicyclic amines) is 1. The Balaban J connectivity index is 1.69. The minimum Gasteiger partial charge on any atom is -0.355 e. The van der Waals surface area contributed by atoms with E-state index in [9.17, 15) is 4.79 Å². The Hall–Kier alpha value is -1.27. The van der Waals surface area contributed by atoms with Crippen LogP contribution in [0, 0.1) is 17.8 Å². The van der Waals surface area contributed by atoms with Gasteiger partial charge in [0.2, 0.25) is 5.91 Å². The summed E-state index contributed by atoms with van der Waals surface area (Å²) >= 11 is 0. The van der Waals surface area contributed by atoms with Gasteiger partial charge in [0.15, 0.2) is 0 Å². The number of terminal acetylenes is 1. The van der Waals surface area contributed by atoms with Crippen molar-refractivity contribution >= 4 is 5.91 Å². The Kier molecular flexibility index (Phi) is 4.31. The molecule has 0 saturated carbocycles. The van der Waals surface area contributed by atoms with E-state index in [0.717, 1.165) is 38.6 Å². The van der Waals surface area contributed by atoms with Crippen molar-refractivity contribution in [1.29, 1.82) is 0 Å². The SMILES string of the molecule is C#CCCC1(CCNC(=O)[C@H]2CC[C@@H](C)N2C)C=C1. The maximum atomic E-state index is 12.1. The average molecular weight is 260 g/mol. The zero-order valence-corrected chi connectivity index (χ0v) is 12.0. The van der Waals surface area contributed by atoms with Crippen LogP contribution >= 0.6 is 0 Å². The van der Waals surface area contributed by atoms with Crippen molar-refractivity contribution in [1.82, 2.24) is 10.2 Å². The van der Waals surface area contributed by atoms with Gasteiger partial charge in [-0.05, 0) is 39.7 Å².